The first-order valence-electron chi connectivity index (χ1n) is 10.7. The van der Waals surface area contributed by atoms with E-state index in [0.717, 1.165) is 25.7 Å². The van der Waals surface area contributed by atoms with E-state index in [1.807, 2.05) is 0 Å². The van der Waals surface area contributed by atoms with Gasteiger partial charge in [-0.25, -0.2) is 26.3 Å². The van der Waals surface area contributed by atoms with Crippen LogP contribution >= 0.6 is 0 Å². The van der Waals surface area contributed by atoms with E-state index in [9.17, 15) is 16.8 Å². The standard InChI is InChI=1S/C22H32N2O6S2/c1-3-5-17-29-19-7-11-21(12-8-19)31(25,26)23-15-16-24-32(27,28)22-13-9-20(10-14-22)30-18-6-4-2/h7-14,23-24H,3-6,15-18H2,1-2H3. The first-order valence-corrected chi connectivity index (χ1v) is 13.7. The van der Waals surface area contributed by atoms with Crippen molar-refractivity contribution in [1.82, 2.24) is 9.44 Å². The lowest BCUT2D eigenvalue weighted by Gasteiger charge is -2.10. The fourth-order valence-corrected chi connectivity index (χ4v) is 4.70. The number of hydrogen-bond donors (Lipinski definition) is 2. The first-order chi connectivity index (χ1) is 15.3. The zero-order valence-corrected chi connectivity index (χ0v) is 20.2. The van der Waals surface area contributed by atoms with Gasteiger partial charge in [0.05, 0.1) is 23.0 Å². The van der Waals surface area contributed by atoms with Crippen molar-refractivity contribution in [3.05, 3.63) is 48.5 Å². The fourth-order valence-electron chi connectivity index (χ4n) is 2.64. The Bertz CT molecular complexity index is 936. The van der Waals surface area contributed by atoms with Crippen molar-refractivity contribution in [2.75, 3.05) is 26.3 Å². The maximum absolute atomic E-state index is 12.4. The van der Waals surface area contributed by atoms with Crippen molar-refractivity contribution >= 4 is 20.0 Å². The Balaban J connectivity index is 1.83. The van der Waals surface area contributed by atoms with E-state index in [2.05, 4.69) is 23.3 Å². The van der Waals surface area contributed by atoms with Gasteiger partial charge in [0.15, 0.2) is 0 Å². The summed E-state index contributed by atoms with van der Waals surface area (Å²) in [5, 5.41) is 0. The van der Waals surface area contributed by atoms with Crippen LogP contribution in [0, 0.1) is 0 Å². The molecule has 178 valence electrons. The zero-order valence-electron chi connectivity index (χ0n) is 18.5. The maximum atomic E-state index is 12.4. The maximum Gasteiger partial charge on any atom is 0.240 e. The normalized spacial score (nSPS) is 11.9. The molecule has 0 radical (unpaired) electrons. The lowest BCUT2D eigenvalue weighted by molar-refractivity contribution is 0.309. The quantitative estimate of drug-likeness (QED) is 0.375. The molecule has 32 heavy (non-hydrogen) atoms. The summed E-state index contributed by atoms with van der Waals surface area (Å²) < 4.78 is 65.4. The Hall–Kier alpha value is -2.14. The highest BCUT2D eigenvalue weighted by Crippen LogP contribution is 2.17. The second kappa shape index (κ2) is 12.8. The molecule has 0 unspecified atom stereocenters. The van der Waals surface area contributed by atoms with Gasteiger partial charge in [-0.15, -0.1) is 0 Å². The van der Waals surface area contributed by atoms with Gasteiger partial charge in [-0.3, -0.25) is 0 Å². The number of ether oxygens (including phenoxy) is 2. The number of hydrogen-bond acceptors (Lipinski definition) is 6. The van der Waals surface area contributed by atoms with Crippen LogP contribution in [0.25, 0.3) is 0 Å². The zero-order chi connectivity index (χ0) is 23.5. The summed E-state index contributed by atoms with van der Waals surface area (Å²) in [6.45, 7) is 5.10. The molecule has 2 N–H and O–H groups in total. The lowest BCUT2D eigenvalue weighted by Crippen LogP contribution is -2.34. The minimum absolute atomic E-state index is 0.0851. The molecule has 0 saturated carbocycles. The van der Waals surface area contributed by atoms with Crippen LogP contribution in [0.1, 0.15) is 39.5 Å². The smallest absolute Gasteiger partial charge is 0.240 e. The van der Waals surface area contributed by atoms with Crippen LogP contribution in [-0.4, -0.2) is 43.1 Å². The second-order valence-corrected chi connectivity index (χ2v) is 10.7. The van der Waals surface area contributed by atoms with Gasteiger partial charge < -0.3 is 9.47 Å². The van der Waals surface area contributed by atoms with Crippen molar-refractivity contribution in [1.29, 1.82) is 0 Å². The van der Waals surface area contributed by atoms with Gasteiger partial charge in [-0.2, -0.15) is 0 Å². The molecule has 0 heterocycles. The van der Waals surface area contributed by atoms with Gasteiger partial charge in [-0.1, -0.05) is 26.7 Å². The topological polar surface area (TPSA) is 111 Å². The molecular formula is C22H32N2O6S2. The SMILES string of the molecule is CCCCOc1ccc(S(=O)(=O)NCCNS(=O)(=O)c2ccc(OCCCC)cc2)cc1. The molecule has 8 nitrogen and oxygen atoms in total. The van der Waals surface area contributed by atoms with Crippen molar-refractivity contribution in [2.24, 2.45) is 0 Å². The summed E-state index contributed by atoms with van der Waals surface area (Å²) in [6.07, 6.45) is 3.88. The summed E-state index contributed by atoms with van der Waals surface area (Å²) in [7, 11) is -7.52. The predicted molar refractivity (Wildman–Crippen MR) is 124 cm³/mol. The number of unbranched alkanes of at least 4 members (excludes halogenated alkanes) is 2. The highest BCUT2D eigenvalue weighted by atomic mass is 32.2. The molecular weight excluding hydrogens is 452 g/mol. The second-order valence-electron chi connectivity index (χ2n) is 7.14. The predicted octanol–water partition coefficient (Wildman–Crippen LogP) is 3.30. The van der Waals surface area contributed by atoms with Crippen LogP contribution in [0.2, 0.25) is 0 Å². The highest BCUT2D eigenvalue weighted by molar-refractivity contribution is 7.89. The van der Waals surface area contributed by atoms with E-state index >= 15 is 0 Å². The van der Waals surface area contributed by atoms with Gasteiger partial charge >= 0.3 is 0 Å². The van der Waals surface area contributed by atoms with Crippen molar-refractivity contribution in [3.8, 4) is 11.5 Å². The molecule has 0 spiro atoms. The molecule has 0 amide bonds. The van der Waals surface area contributed by atoms with Crippen LogP contribution in [-0.2, 0) is 20.0 Å². The van der Waals surface area contributed by atoms with E-state index in [1.165, 1.54) is 24.3 Å². The Morgan fingerprint density at radius 3 is 1.28 bits per heavy atom. The molecule has 0 bridgehead atoms. The van der Waals surface area contributed by atoms with Crippen LogP contribution in [0.5, 0.6) is 11.5 Å². The molecule has 0 saturated heterocycles. The molecule has 0 aliphatic rings. The number of sulfonamides is 2. The molecule has 2 aromatic carbocycles. The van der Waals surface area contributed by atoms with Crippen LogP contribution in [0.3, 0.4) is 0 Å². The summed E-state index contributed by atoms with van der Waals surface area (Å²) in [5.41, 5.74) is 0. The molecule has 2 rings (SSSR count). The highest BCUT2D eigenvalue weighted by Gasteiger charge is 2.16. The number of nitrogens with one attached hydrogen (secondary N) is 2. The van der Waals surface area contributed by atoms with Crippen molar-refractivity contribution in [2.45, 2.75) is 49.3 Å². The van der Waals surface area contributed by atoms with E-state index in [4.69, 9.17) is 9.47 Å². The average molecular weight is 485 g/mol. The third-order valence-corrected chi connectivity index (χ3v) is 7.46. The third-order valence-electron chi connectivity index (χ3n) is 4.51. The average Bonchev–Trinajstić information content (AvgIpc) is 2.78. The van der Waals surface area contributed by atoms with Gasteiger partial charge in [0, 0.05) is 13.1 Å². The minimum Gasteiger partial charge on any atom is -0.494 e. The van der Waals surface area contributed by atoms with E-state index in [-0.39, 0.29) is 22.9 Å². The lowest BCUT2D eigenvalue weighted by atomic mass is 10.3. The van der Waals surface area contributed by atoms with Crippen molar-refractivity contribution in [3.63, 3.8) is 0 Å². The van der Waals surface area contributed by atoms with Crippen LogP contribution in [0.4, 0.5) is 0 Å². The Morgan fingerprint density at radius 2 is 0.969 bits per heavy atom. The third kappa shape index (κ3) is 8.42. The summed E-state index contributed by atoms with van der Waals surface area (Å²) >= 11 is 0. The number of benzene rings is 2. The Labute approximate surface area is 191 Å². The molecule has 10 heteroatoms. The van der Waals surface area contributed by atoms with E-state index in [1.54, 1.807) is 24.3 Å². The molecule has 2 aromatic rings. The monoisotopic (exact) mass is 484 g/mol. The molecule has 0 aliphatic carbocycles. The molecule has 0 fully saturated rings. The van der Waals surface area contributed by atoms with Gasteiger partial charge in [0.2, 0.25) is 20.0 Å². The van der Waals surface area contributed by atoms with Gasteiger partial charge in [0.25, 0.3) is 0 Å². The molecule has 0 atom stereocenters. The Kier molecular flexibility index (Phi) is 10.4. The summed E-state index contributed by atoms with van der Waals surface area (Å²) in [6, 6.07) is 12.2. The van der Waals surface area contributed by atoms with Gasteiger partial charge in [-0.05, 0) is 61.4 Å². The van der Waals surface area contributed by atoms with Crippen molar-refractivity contribution < 1.29 is 26.3 Å². The summed E-state index contributed by atoms with van der Waals surface area (Å²) in [4.78, 5) is 0.170. The van der Waals surface area contributed by atoms with E-state index in [0.29, 0.717) is 24.7 Å². The van der Waals surface area contributed by atoms with E-state index < -0.39 is 20.0 Å². The largest absolute Gasteiger partial charge is 0.494 e. The first kappa shape index (κ1) is 26.1. The fraction of sp³-hybridized carbons (Fsp3) is 0.455. The summed E-state index contributed by atoms with van der Waals surface area (Å²) in [5.74, 6) is 1.21. The Morgan fingerprint density at radius 1 is 0.625 bits per heavy atom. The van der Waals surface area contributed by atoms with Crippen LogP contribution < -0.4 is 18.9 Å². The number of rotatable bonds is 15. The molecule has 0 aromatic heterocycles. The van der Waals surface area contributed by atoms with Crippen LogP contribution in [0.15, 0.2) is 58.3 Å². The minimum atomic E-state index is -3.76. The molecule has 0 aliphatic heterocycles. The van der Waals surface area contributed by atoms with Gasteiger partial charge in [0.1, 0.15) is 11.5 Å².